The third kappa shape index (κ3) is 3.33. The van der Waals surface area contributed by atoms with Gasteiger partial charge in [0, 0.05) is 17.1 Å². The van der Waals surface area contributed by atoms with Crippen LogP contribution in [0.25, 0.3) is 0 Å². The summed E-state index contributed by atoms with van der Waals surface area (Å²) in [5.41, 5.74) is 3.55. The molecule has 0 saturated carbocycles. The first kappa shape index (κ1) is 15.7. The summed E-state index contributed by atoms with van der Waals surface area (Å²) >= 11 is 5.88. The second kappa shape index (κ2) is 5.99. The number of nitrogens with zero attached hydrogens (tertiary/aromatic N) is 1. The Labute approximate surface area is 126 Å². The Balaban J connectivity index is 2.12. The van der Waals surface area contributed by atoms with Crippen LogP contribution in [0.5, 0.6) is 0 Å². The molecule has 1 atom stereocenters. The maximum Gasteiger partial charge on any atom is 0.251 e. The molecule has 2 amide bonds. The SMILES string of the molecule is NC(=O)[C@@]1(O)CCCN(C(=O)Cc2c(F)cccc2Cl)C1. The van der Waals surface area contributed by atoms with E-state index in [1.165, 1.54) is 23.1 Å². The van der Waals surface area contributed by atoms with Gasteiger partial charge >= 0.3 is 0 Å². The van der Waals surface area contributed by atoms with Crippen molar-refractivity contribution in [2.75, 3.05) is 13.1 Å². The number of primary amides is 1. The van der Waals surface area contributed by atoms with Gasteiger partial charge in [-0.25, -0.2) is 4.39 Å². The van der Waals surface area contributed by atoms with E-state index in [2.05, 4.69) is 0 Å². The van der Waals surface area contributed by atoms with Gasteiger partial charge < -0.3 is 15.7 Å². The van der Waals surface area contributed by atoms with Gasteiger partial charge in [-0.3, -0.25) is 9.59 Å². The zero-order valence-corrected chi connectivity index (χ0v) is 12.1. The largest absolute Gasteiger partial charge is 0.378 e. The normalized spacial score (nSPS) is 22.1. The molecule has 1 saturated heterocycles. The molecule has 0 radical (unpaired) electrons. The lowest BCUT2D eigenvalue weighted by molar-refractivity contribution is -0.148. The highest BCUT2D eigenvalue weighted by atomic mass is 35.5. The maximum atomic E-state index is 13.7. The predicted octanol–water partition coefficient (Wildman–Crippen LogP) is 0.860. The van der Waals surface area contributed by atoms with E-state index in [1.807, 2.05) is 0 Å². The monoisotopic (exact) mass is 314 g/mol. The van der Waals surface area contributed by atoms with Crippen LogP contribution in [-0.4, -0.2) is 40.5 Å². The first-order valence-corrected chi connectivity index (χ1v) is 6.94. The van der Waals surface area contributed by atoms with Crippen molar-refractivity contribution in [3.63, 3.8) is 0 Å². The van der Waals surface area contributed by atoms with Crippen molar-refractivity contribution in [1.29, 1.82) is 0 Å². The van der Waals surface area contributed by atoms with E-state index in [4.69, 9.17) is 17.3 Å². The van der Waals surface area contributed by atoms with E-state index in [0.29, 0.717) is 13.0 Å². The number of aliphatic hydroxyl groups is 1. The van der Waals surface area contributed by atoms with Crippen LogP contribution in [-0.2, 0) is 16.0 Å². The van der Waals surface area contributed by atoms with Gasteiger partial charge in [0.25, 0.3) is 5.91 Å². The lowest BCUT2D eigenvalue weighted by Gasteiger charge is -2.37. The van der Waals surface area contributed by atoms with Crippen LogP contribution in [0.4, 0.5) is 4.39 Å². The Morgan fingerprint density at radius 3 is 2.81 bits per heavy atom. The van der Waals surface area contributed by atoms with Crippen molar-refractivity contribution in [1.82, 2.24) is 4.90 Å². The fraction of sp³-hybridized carbons (Fsp3) is 0.429. The van der Waals surface area contributed by atoms with Gasteiger partial charge in [0.15, 0.2) is 5.60 Å². The number of benzene rings is 1. The summed E-state index contributed by atoms with van der Waals surface area (Å²) in [6, 6.07) is 4.19. The minimum atomic E-state index is -1.72. The van der Waals surface area contributed by atoms with Crippen LogP contribution in [0, 0.1) is 5.82 Å². The van der Waals surface area contributed by atoms with Crippen molar-refractivity contribution in [3.8, 4) is 0 Å². The molecule has 0 bridgehead atoms. The van der Waals surface area contributed by atoms with Crippen LogP contribution in [0.15, 0.2) is 18.2 Å². The second-order valence-electron chi connectivity index (χ2n) is 5.19. The molecule has 114 valence electrons. The zero-order valence-electron chi connectivity index (χ0n) is 11.3. The number of nitrogens with two attached hydrogens (primary N) is 1. The van der Waals surface area contributed by atoms with Crippen LogP contribution < -0.4 is 5.73 Å². The van der Waals surface area contributed by atoms with Gasteiger partial charge in [-0.05, 0) is 25.0 Å². The van der Waals surface area contributed by atoms with Crippen LogP contribution >= 0.6 is 11.6 Å². The summed E-state index contributed by atoms with van der Waals surface area (Å²) in [7, 11) is 0. The van der Waals surface area contributed by atoms with Crippen LogP contribution in [0.2, 0.25) is 5.02 Å². The average molecular weight is 315 g/mol. The molecule has 1 fully saturated rings. The zero-order chi connectivity index (χ0) is 15.6. The Hall–Kier alpha value is -1.66. The van der Waals surface area contributed by atoms with Gasteiger partial charge in [-0.2, -0.15) is 0 Å². The molecular weight excluding hydrogens is 299 g/mol. The minimum absolute atomic E-state index is 0.109. The molecule has 0 aliphatic carbocycles. The first-order valence-electron chi connectivity index (χ1n) is 6.56. The molecule has 1 heterocycles. The summed E-state index contributed by atoms with van der Waals surface area (Å²) in [4.78, 5) is 24.8. The summed E-state index contributed by atoms with van der Waals surface area (Å²) in [6.07, 6.45) is 0.448. The molecule has 0 spiro atoms. The molecule has 0 aromatic heterocycles. The molecule has 21 heavy (non-hydrogen) atoms. The van der Waals surface area contributed by atoms with Gasteiger partial charge in [0.1, 0.15) is 5.82 Å². The molecule has 2 rings (SSSR count). The van der Waals surface area contributed by atoms with Gasteiger partial charge in [-0.15, -0.1) is 0 Å². The Morgan fingerprint density at radius 1 is 1.48 bits per heavy atom. The van der Waals surface area contributed by atoms with E-state index < -0.39 is 23.2 Å². The number of halogens is 2. The highest BCUT2D eigenvalue weighted by molar-refractivity contribution is 6.31. The molecule has 1 aliphatic rings. The van der Waals surface area contributed by atoms with E-state index in [9.17, 15) is 19.1 Å². The van der Waals surface area contributed by atoms with Crippen molar-refractivity contribution < 1.29 is 19.1 Å². The molecular formula is C14H16ClFN2O3. The fourth-order valence-corrected chi connectivity index (χ4v) is 2.64. The van der Waals surface area contributed by atoms with E-state index in [-0.39, 0.29) is 30.0 Å². The van der Waals surface area contributed by atoms with Gasteiger partial charge in [0.2, 0.25) is 5.91 Å². The lowest BCUT2D eigenvalue weighted by atomic mass is 9.92. The summed E-state index contributed by atoms with van der Waals surface area (Å²) in [6.45, 7) is 0.216. The van der Waals surface area contributed by atoms with Crippen molar-refractivity contribution in [3.05, 3.63) is 34.6 Å². The molecule has 1 aromatic carbocycles. The number of β-amino-alcohol motifs (C(OH)–C–C–N with tert-alkyl or cyclic N) is 1. The van der Waals surface area contributed by atoms with E-state index in [1.54, 1.807) is 0 Å². The van der Waals surface area contributed by atoms with Crippen LogP contribution in [0.3, 0.4) is 0 Å². The smallest absolute Gasteiger partial charge is 0.251 e. The van der Waals surface area contributed by atoms with Crippen molar-refractivity contribution >= 4 is 23.4 Å². The Kier molecular flexibility index (Phi) is 4.49. The van der Waals surface area contributed by atoms with Gasteiger partial charge in [-0.1, -0.05) is 17.7 Å². The maximum absolute atomic E-state index is 13.7. The van der Waals surface area contributed by atoms with E-state index in [0.717, 1.165) is 0 Å². The summed E-state index contributed by atoms with van der Waals surface area (Å²) in [5.74, 6) is -1.82. The Bertz CT molecular complexity index is 561. The standard InChI is InChI=1S/C14H16ClFN2O3/c15-10-3-1-4-11(16)9(10)7-12(19)18-6-2-5-14(21,8-18)13(17)20/h1,3-4,21H,2,5-8H2,(H2,17,20)/t14-/m1/s1. The fourth-order valence-electron chi connectivity index (χ4n) is 2.41. The minimum Gasteiger partial charge on any atom is -0.378 e. The number of carbonyl (C=O) groups excluding carboxylic acids is 2. The van der Waals surface area contributed by atoms with E-state index >= 15 is 0 Å². The molecule has 5 nitrogen and oxygen atoms in total. The number of hydrogen-bond acceptors (Lipinski definition) is 3. The molecule has 3 N–H and O–H groups in total. The number of piperidine rings is 1. The third-order valence-electron chi connectivity index (χ3n) is 3.67. The highest BCUT2D eigenvalue weighted by Gasteiger charge is 2.40. The highest BCUT2D eigenvalue weighted by Crippen LogP contribution is 2.24. The lowest BCUT2D eigenvalue weighted by Crippen LogP contribution is -2.57. The second-order valence-corrected chi connectivity index (χ2v) is 5.60. The number of hydrogen-bond donors (Lipinski definition) is 2. The average Bonchev–Trinajstić information content (AvgIpc) is 2.43. The quantitative estimate of drug-likeness (QED) is 0.868. The van der Waals surface area contributed by atoms with Crippen molar-refractivity contribution in [2.24, 2.45) is 5.73 Å². The third-order valence-corrected chi connectivity index (χ3v) is 4.03. The Morgan fingerprint density at radius 2 is 2.19 bits per heavy atom. The predicted molar refractivity (Wildman–Crippen MR) is 75.1 cm³/mol. The molecule has 7 heteroatoms. The first-order chi connectivity index (χ1) is 9.83. The summed E-state index contributed by atoms with van der Waals surface area (Å²) in [5, 5.41) is 10.2. The molecule has 1 aliphatic heterocycles. The topological polar surface area (TPSA) is 83.6 Å². The van der Waals surface area contributed by atoms with Gasteiger partial charge in [0.05, 0.1) is 13.0 Å². The molecule has 1 aromatic rings. The number of rotatable bonds is 3. The summed E-state index contributed by atoms with van der Waals surface area (Å²) < 4.78 is 13.7. The number of amides is 2. The van der Waals surface area contributed by atoms with Crippen molar-refractivity contribution in [2.45, 2.75) is 24.9 Å². The number of likely N-dealkylation sites (tertiary alicyclic amines) is 1. The van der Waals surface area contributed by atoms with Crippen LogP contribution in [0.1, 0.15) is 18.4 Å². The number of carbonyl (C=O) groups is 2. The molecule has 0 unspecified atom stereocenters.